The van der Waals surface area contributed by atoms with E-state index in [2.05, 4.69) is 16.2 Å². The number of nitrogens with two attached hydrogens (primary N) is 1. The first-order chi connectivity index (χ1) is 12.6. The van der Waals surface area contributed by atoms with Gasteiger partial charge in [0, 0.05) is 12.7 Å². The maximum atomic E-state index is 13.7. The van der Waals surface area contributed by atoms with Crippen molar-refractivity contribution < 1.29 is 9.18 Å². The molecule has 1 fully saturated rings. The van der Waals surface area contributed by atoms with Crippen molar-refractivity contribution in [2.24, 2.45) is 11.7 Å². The number of hydrogen-bond acceptors (Lipinski definition) is 5. The molecule has 1 aliphatic heterocycles. The van der Waals surface area contributed by atoms with Crippen LogP contribution in [0, 0.1) is 23.1 Å². The lowest BCUT2D eigenvalue weighted by Crippen LogP contribution is -2.24. The Morgan fingerprint density at radius 3 is 2.96 bits per heavy atom. The zero-order valence-electron chi connectivity index (χ0n) is 13.7. The third-order valence-electron chi connectivity index (χ3n) is 4.63. The van der Waals surface area contributed by atoms with Gasteiger partial charge in [-0.05, 0) is 30.2 Å². The second-order valence-corrected chi connectivity index (χ2v) is 6.26. The average Bonchev–Trinajstić information content (AvgIpc) is 3.25. The Hall–Kier alpha value is -3.47. The minimum atomic E-state index is -0.609. The number of primary amides is 1. The van der Waals surface area contributed by atoms with E-state index in [1.54, 1.807) is 18.3 Å². The fraction of sp³-hybridized carbons (Fsp3) is 0.222. The summed E-state index contributed by atoms with van der Waals surface area (Å²) in [6.07, 6.45) is 3.64. The van der Waals surface area contributed by atoms with Gasteiger partial charge in [0.05, 0.1) is 24.2 Å². The van der Waals surface area contributed by atoms with Crippen molar-refractivity contribution in [2.75, 3.05) is 11.4 Å². The van der Waals surface area contributed by atoms with Crippen molar-refractivity contribution in [2.45, 2.75) is 12.5 Å². The molecule has 1 saturated heterocycles. The molecule has 1 aromatic carbocycles. The normalized spacial score (nSPS) is 19.6. The first kappa shape index (κ1) is 16.0. The Labute approximate surface area is 148 Å². The summed E-state index contributed by atoms with van der Waals surface area (Å²) in [4.78, 5) is 18.0. The van der Waals surface area contributed by atoms with E-state index >= 15 is 0 Å². The van der Waals surface area contributed by atoms with Gasteiger partial charge in [0.1, 0.15) is 17.2 Å². The SMILES string of the molecule is N#CC1CC(c2cccc(F)c2)N(c2ccn3ncc(C(N)=O)c3n2)C1. The third kappa shape index (κ3) is 2.63. The number of aromatic nitrogens is 3. The number of rotatable bonds is 3. The minimum Gasteiger partial charge on any atom is -0.365 e. The molecule has 2 N–H and O–H groups in total. The third-order valence-corrected chi connectivity index (χ3v) is 4.63. The Balaban J connectivity index is 1.79. The summed E-state index contributed by atoms with van der Waals surface area (Å²) in [5.41, 5.74) is 6.74. The monoisotopic (exact) mass is 350 g/mol. The summed E-state index contributed by atoms with van der Waals surface area (Å²) in [6, 6.07) is 10.2. The molecule has 0 spiro atoms. The Kier molecular flexibility index (Phi) is 3.77. The number of halogens is 1. The van der Waals surface area contributed by atoms with Gasteiger partial charge in [-0.1, -0.05) is 12.1 Å². The fourth-order valence-electron chi connectivity index (χ4n) is 3.41. The van der Waals surface area contributed by atoms with Crippen LogP contribution in [-0.2, 0) is 0 Å². The van der Waals surface area contributed by atoms with Crippen molar-refractivity contribution in [1.29, 1.82) is 5.26 Å². The van der Waals surface area contributed by atoms with Crippen molar-refractivity contribution in [3.8, 4) is 6.07 Å². The fourth-order valence-corrected chi connectivity index (χ4v) is 3.41. The van der Waals surface area contributed by atoms with Crippen molar-refractivity contribution in [1.82, 2.24) is 14.6 Å². The molecule has 2 aromatic heterocycles. The van der Waals surface area contributed by atoms with E-state index < -0.39 is 5.91 Å². The Morgan fingerprint density at radius 2 is 2.23 bits per heavy atom. The lowest BCUT2D eigenvalue weighted by Gasteiger charge is -2.26. The molecular formula is C18H15FN6O. The topological polar surface area (TPSA) is 100 Å². The van der Waals surface area contributed by atoms with Gasteiger partial charge < -0.3 is 10.6 Å². The highest BCUT2D eigenvalue weighted by Crippen LogP contribution is 2.38. The van der Waals surface area contributed by atoms with E-state index in [1.807, 2.05) is 11.0 Å². The molecule has 2 unspecified atom stereocenters. The summed E-state index contributed by atoms with van der Waals surface area (Å²) in [5.74, 6) is -0.532. The molecule has 2 atom stereocenters. The number of benzene rings is 1. The summed E-state index contributed by atoms with van der Waals surface area (Å²) in [5, 5.41) is 13.4. The quantitative estimate of drug-likeness (QED) is 0.779. The van der Waals surface area contributed by atoms with Crippen LogP contribution in [0.1, 0.15) is 28.4 Å². The molecule has 130 valence electrons. The van der Waals surface area contributed by atoms with Gasteiger partial charge in [-0.3, -0.25) is 4.79 Å². The number of hydrogen-bond donors (Lipinski definition) is 1. The molecule has 26 heavy (non-hydrogen) atoms. The summed E-state index contributed by atoms with van der Waals surface area (Å²) in [7, 11) is 0. The number of fused-ring (bicyclic) bond motifs is 1. The van der Waals surface area contributed by atoms with Gasteiger partial charge in [-0.15, -0.1) is 0 Å². The van der Waals surface area contributed by atoms with E-state index in [4.69, 9.17) is 5.73 Å². The molecule has 0 bridgehead atoms. The van der Waals surface area contributed by atoms with E-state index in [-0.39, 0.29) is 23.3 Å². The maximum absolute atomic E-state index is 13.7. The largest absolute Gasteiger partial charge is 0.365 e. The van der Waals surface area contributed by atoms with Crippen LogP contribution < -0.4 is 10.6 Å². The lowest BCUT2D eigenvalue weighted by atomic mass is 10.0. The van der Waals surface area contributed by atoms with Crippen molar-refractivity contribution in [3.63, 3.8) is 0 Å². The Morgan fingerprint density at radius 1 is 1.38 bits per heavy atom. The molecule has 3 heterocycles. The molecule has 1 aliphatic rings. The van der Waals surface area contributed by atoms with Crippen LogP contribution in [0.15, 0.2) is 42.7 Å². The second-order valence-electron chi connectivity index (χ2n) is 6.26. The van der Waals surface area contributed by atoms with Gasteiger partial charge in [-0.25, -0.2) is 13.9 Å². The highest BCUT2D eigenvalue weighted by molar-refractivity contribution is 5.98. The molecule has 7 nitrogen and oxygen atoms in total. The summed E-state index contributed by atoms with van der Waals surface area (Å²) >= 11 is 0. The Bertz CT molecular complexity index is 1040. The van der Waals surface area contributed by atoms with Crippen molar-refractivity contribution in [3.05, 3.63) is 59.7 Å². The maximum Gasteiger partial charge on any atom is 0.254 e. The highest BCUT2D eigenvalue weighted by atomic mass is 19.1. The smallest absolute Gasteiger partial charge is 0.254 e. The molecule has 1 amide bonds. The van der Waals surface area contributed by atoms with Crippen LogP contribution in [0.25, 0.3) is 5.65 Å². The highest BCUT2D eigenvalue weighted by Gasteiger charge is 2.34. The first-order valence-corrected chi connectivity index (χ1v) is 8.12. The molecule has 0 aliphatic carbocycles. The molecule has 0 radical (unpaired) electrons. The summed E-state index contributed by atoms with van der Waals surface area (Å²) < 4.78 is 15.1. The predicted octanol–water partition coefficient (Wildman–Crippen LogP) is 2.06. The van der Waals surface area contributed by atoms with Crippen LogP contribution in [0.2, 0.25) is 0 Å². The van der Waals surface area contributed by atoms with Gasteiger partial charge in [0.15, 0.2) is 5.65 Å². The number of nitriles is 1. The molecule has 4 rings (SSSR count). The number of nitrogens with zero attached hydrogens (tertiary/aromatic N) is 5. The van der Waals surface area contributed by atoms with Crippen LogP contribution in [0.4, 0.5) is 10.2 Å². The zero-order chi connectivity index (χ0) is 18.3. The van der Waals surface area contributed by atoms with Crippen LogP contribution >= 0.6 is 0 Å². The average molecular weight is 350 g/mol. The zero-order valence-corrected chi connectivity index (χ0v) is 13.7. The molecule has 0 saturated carbocycles. The molecule has 8 heteroatoms. The molecule has 3 aromatic rings. The number of amides is 1. The van der Waals surface area contributed by atoms with Crippen LogP contribution in [-0.4, -0.2) is 27.0 Å². The first-order valence-electron chi connectivity index (χ1n) is 8.12. The minimum absolute atomic E-state index is 0.176. The van der Waals surface area contributed by atoms with Gasteiger partial charge in [0.2, 0.25) is 0 Å². The van der Waals surface area contributed by atoms with Crippen LogP contribution in [0.3, 0.4) is 0 Å². The molecular weight excluding hydrogens is 335 g/mol. The van der Waals surface area contributed by atoms with Gasteiger partial charge in [0.25, 0.3) is 5.91 Å². The predicted molar refractivity (Wildman–Crippen MR) is 91.7 cm³/mol. The summed E-state index contributed by atoms with van der Waals surface area (Å²) in [6.45, 7) is 0.473. The number of carbonyl (C=O) groups is 1. The number of anilines is 1. The van der Waals surface area contributed by atoms with E-state index in [0.717, 1.165) is 5.56 Å². The van der Waals surface area contributed by atoms with E-state index in [0.29, 0.717) is 24.4 Å². The lowest BCUT2D eigenvalue weighted by molar-refractivity contribution is 0.100. The number of carbonyl (C=O) groups excluding carboxylic acids is 1. The van der Waals surface area contributed by atoms with Crippen molar-refractivity contribution >= 4 is 17.4 Å². The van der Waals surface area contributed by atoms with Gasteiger partial charge in [-0.2, -0.15) is 10.4 Å². The van der Waals surface area contributed by atoms with Gasteiger partial charge >= 0.3 is 0 Å². The standard InChI is InChI=1S/C18H15FN6O/c19-13-3-1-2-12(7-13)15-6-11(8-20)10-24(15)16-4-5-25-18(23-16)14(9-22-25)17(21)26/h1-5,7,9,11,15H,6,10H2,(H2,21,26). The van der Waals surface area contributed by atoms with E-state index in [1.165, 1.54) is 22.8 Å². The van der Waals surface area contributed by atoms with Crippen LogP contribution in [0.5, 0.6) is 0 Å². The van der Waals surface area contributed by atoms with E-state index in [9.17, 15) is 14.4 Å². The second kappa shape index (κ2) is 6.11.